The molecule has 0 radical (unpaired) electrons. The van der Waals surface area contributed by atoms with E-state index < -0.39 is 23.1 Å². The molecule has 3 aliphatic heterocycles. The van der Waals surface area contributed by atoms with Gasteiger partial charge in [-0.1, -0.05) is 41.0 Å². The molecule has 246 valence electrons. The number of likely N-dealkylation sites (N-methyl/N-ethyl adjacent to an activating group) is 2. The molecule has 3 aliphatic rings. The minimum atomic E-state index is -0.670. The van der Waals surface area contributed by atoms with E-state index in [0.29, 0.717) is 19.5 Å². The van der Waals surface area contributed by atoms with Gasteiger partial charge in [0, 0.05) is 26.2 Å². The number of nitrogens with one attached hydrogen (secondary N) is 1. The molecule has 0 aromatic heterocycles. The lowest BCUT2D eigenvalue weighted by atomic mass is 9.84. The first kappa shape index (κ1) is 35.3. The fourth-order valence-corrected chi connectivity index (χ4v) is 6.84. The second kappa shape index (κ2) is 14.3. The fourth-order valence-electron chi connectivity index (χ4n) is 6.84. The molecular formula is C33H59N5O5. The van der Waals surface area contributed by atoms with Gasteiger partial charge < -0.3 is 19.9 Å². The highest BCUT2D eigenvalue weighted by Gasteiger charge is 2.44. The Morgan fingerprint density at radius 3 is 2.05 bits per heavy atom. The minimum absolute atomic E-state index is 0.0150. The molecule has 3 rings (SSSR count). The highest BCUT2D eigenvalue weighted by Crippen LogP contribution is 2.29. The summed E-state index contributed by atoms with van der Waals surface area (Å²) in [6, 6.07) is -1.91. The average Bonchev–Trinajstić information content (AvgIpc) is 3.57. The van der Waals surface area contributed by atoms with Gasteiger partial charge in [-0.15, -0.1) is 0 Å². The van der Waals surface area contributed by atoms with E-state index in [2.05, 4.69) is 29.0 Å². The summed E-state index contributed by atoms with van der Waals surface area (Å²) in [5, 5.41) is 3.13. The van der Waals surface area contributed by atoms with Crippen LogP contribution in [0.3, 0.4) is 0 Å². The Morgan fingerprint density at radius 2 is 1.47 bits per heavy atom. The number of carbonyl (C=O) groups is 4. The summed E-state index contributed by atoms with van der Waals surface area (Å²) >= 11 is 0. The molecule has 43 heavy (non-hydrogen) atoms. The summed E-state index contributed by atoms with van der Waals surface area (Å²) in [6.07, 6.45) is 5.92. The van der Waals surface area contributed by atoms with Crippen LogP contribution < -0.4 is 5.32 Å². The van der Waals surface area contributed by atoms with Crippen molar-refractivity contribution in [2.24, 2.45) is 11.3 Å². The zero-order chi connectivity index (χ0) is 32.3. The molecule has 5 atom stereocenters. The second-order valence-electron chi connectivity index (χ2n) is 15.4. The highest BCUT2D eigenvalue weighted by atomic mass is 16.6. The summed E-state index contributed by atoms with van der Waals surface area (Å²) in [5.41, 5.74) is -1.08. The smallest absolute Gasteiger partial charge is 0.329 e. The van der Waals surface area contributed by atoms with Gasteiger partial charge in [-0.3, -0.25) is 24.2 Å². The number of ether oxygens (including phenoxy) is 1. The van der Waals surface area contributed by atoms with Crippen molar-refractivity contribution in [2.75, 3.05) is 40.3 Å². The maximum Gasteiger partial charge on any atom is 0.329 e. The largest absolute Gasteiger partial charge is 0.458 e. The summed E-state index contributed by atoms with van der Waals surface area (Å²) in [5.74, 6) is -0.404. The number of amides is 3. The molecule has 10 heteroatoms. The molecule has 3 heterocycles. The van der Waals surface area contributed by atoms with Gasteiger partial charge in [0.2, 0.25) is 17.7 Å². The Labute approximate surface area is 260 Å². The molecule has 0 aromatic rings. The first-order chi connectivity index (χ1) is 19.9. The average molecular weight is 606 g/mol. The first-order valence-corrected chi connectivity index (χ1v) is 16.5. The molecule has 5 unspecified atom stereocenters. The standard InChI is InChI=1S/C33H59N5O5/c1-22(2)26(36(10)30(41)27(32(3,4)5)34-28(39)23-15-11-12-18-35(23)9)21-37-19-13-16-24(37)29(40)38-20-14-17-25(38)31(42)43-33(6,7)8/h22-27H,11-21H2,1-10H3,(H,34,39). The Morgan fingerprint density at radius 1 is 0.860 bits per heavy atom. The summed E-state index contributed by atoms with van der Waals surface area (Å²) < 4.78 is 5.64. The van der Waals surface area contributed by atoms with Crippen LogP contribution in [0, 0.1) is 11.3 Å². The zero-order valence-electron chi connectivity index (χ0n) is 28.6. The van der Waals surface area contributed by atoms with E-state index in [1.807, 2.05) is 55.6 Å². The van der Waals surface area contributed by atoms with E-state index >= 15 is 0 Å². The number of hydrogen-bond donors (Lipinski definition) is 1. The molecule has 1 N–H and O–H groups in total. The van der Waals surface area contributed by atoms with Crippen LogP contribution in [0.1, 0.15) is 100 Å². The normalized spacial score (nSPS) is 25.5. The van der Waals surface area contributed by atoms with Crippen LogP contribution in [0.4, 0.5) is 0 Å². The van der Waals surface area contributed by atoms with Gasteiger partial charge in [0.25, 0.3) is 0 Å². The van der Waals surface area contributed by atoms with E-state index in [-0.39, 0.29) is 47.7 Å². The molecule has 0 aliphatic carbocycles. The van der Waals surface area contributed by atoms with Gasteiger partial charge in [0.1, 0.15) is 17.7 Å². The lowest BCUT2D eigenvalue weighted by Gasteiger charge is -2.41. The van der Waals surface area contributed by atoms with Gasteiger partial charge in [-0.2, -0.15) is 0 Å². The van der Waals surface area contributed by atoms with Gasteiger partial charge in [0.15, 0.2) is 0 Å². The predicted molar refractivity (Wildman–Crippen MR) is 168 cm³/mol. The fraction of sp³-hybridized carbons (Fsp3) is 0.879. The number of piperidine rings is 1. The maximum atomic E-state index is 14.1. The SMILES string of the molecule is CC(C)C(CN1CCCC1C(=O)N1CCCC1C(=O)OC(C)(C)C)N(C)C(=O)C(NC(=O)C1CCCCN1C)C(C)(C)C. The molecule has 3 fully saturated rings. The molecule has 0 saturated carbocycles. The van der Waals surface area contributed by atoms with E-state index in [1.165, 1.54) is 0 Å². The molecular weight excluding hydrogens is 546 g/mol. The number of nitrogens with zero attached hydrogens (tertiary/aromatic N) is 4. The van der Waals surface area contributed by atoms with Crippen LogP contribution in [0.2, 0.25) is 0 Å². The second-order valence-corrected chi connectivity index (χ2v) is 15.4. The molecule has 0 bridgehead atoms. The van der Waals surface area contributed by atoms with E-state index in [4.69, 9.17) is 4.74 Å². The summed E-state index contributed by atoms with van der Waals surface area (Å²) in [7, 11) is 3.81. The number of likely N-dealkylation sites (tertiary alicyclic amines) is 3. The van der Waals surface area contributed by atoms with Crippen LogP contribution in [0.15, 0.2) is 0 Å². The summed E-state index contributed by atoms with van der Waals surface area (Å²) in [6.45, 7) is 18.5. The Balaban J connectivity index is 1.73. The third-order valence-electron chi connectivity index (χ3n) is 9.37. The van der Waals surface area contributed by atoms with Crippen molar-refractivity contribution in [3.8, 4) is 0 Å². The molecule has 0 aromatic carbocycles. The maximum absolute atomic E-state index is 14.1. The van der Waals surface area contributed by atoms with Crippen molar-refractivity contribution in [1.82, 2.24) is 24.9 Å². The van der Waals surface area contributed by atoms with Gasteiger partial charge in [-0.05, 0) is 90.8 Å². The van der Waals surface area contributed by atoms with Crippen molar-refractivity contribution in [2.45, 2.75) is 136 Å². The number of rotatable bonds is 9. The zero-order valence-corrected chi connectivity index (χ0v) is 28.6. The topological polar surface area (TPSA) is 103 Å². The third kappa shape index (κ3) is 8.93. The lowest BCUT2D eigenvalue weighted by molar-refractivity contribution is -0.164. The van der Waals surface area contributed by atoms with E-state index in [1.54, 1.807) is 9.80 Å². The van der Waals surface area contributed by atoms with Gasteiger partial charge in [0.05, 0.1) is 12.1 Å². The number of carbonyl (C=O) groups excluding carboxylic acids is 4. The van der Waals surface area contributed by atoms with Gasteiger partial charge in [-0.25, -0.2) is 4.79 Å². The molecule has 0 spiro atoms. The van der Waals surface area contributed by atoms with Crippen LogP contribution in [-0.4, -0.2) is 119 Å². The van der Waals surface area contributed by atoms with Crippen molar-refractivity contribution in [1.29, 1.82) is 0 Å². The quantitative estimate of drug-likeness (QED) is 0.403. The number of hydrogen-bond acceptors (Lipinski definition) is 7. The molecule has 3 amide bonds. The monoisotopic (exact) mass is 605 g/mol. The van der Waals surface area contributed by atoms with E-state index in [9.17, 15) is 19.2 Å². The molecule has 3 saturated heterocycles. The minimum Gasteiger partial charge on any atom is -0.458 e. The Hall–Kier alpha value is -2.20. The van der Waals surface area contributed by atoms with Crippen LogP contribution in [-0.2, 0) is 23.9 Å². The van der Waals surface area contributed by atoms with Crippen molar-refractivity contribution in [3.05, 3.63) is 0 Å². The predicted octanol–water partition coefficient (Wildman–Crippen LogP) is 3.28. The third-order valence-corrected chi connectivity index (χ3v) is 9.37. The van der Waals surface area contributed by atoms with Crippen molar-refractivity contribution >= 4 is 23.7 Å². The molecule has 10 nitrogen and oxygen atoms in total. The number of esters is 1. The Bertz CT molecular complexity index is 1000. The highest BCUT2D eigenvalue weighted by molar-refractivity contribution is 5.91. The van der Waals surface area contributed by atoms with E-state index in [0.717, 1.165) is 51.6 Å². The summed E-state index contributed by atoms with van der Waals surface area (Å²) in [4.78, 5) is 62.1. The van der Waals surface area contributed by atoms with Crippen molar-refractivity contribution in [3.63, 3.8) is 0 Å². The van der Waals surface area contributed by atoms with Crippen LogP contribution in [0.5, 0.6) is 0 Å². The van der Waals surface area contributed by atoms with Gasteiger partial charge >= 0.3 is 5.97 Å². The lowest BCUT2D eigenvalue weighted by Crippen LogP contribution is -2.61. The van der Waals surface area contributed by atoms with Crippen molar-refractivity contribution < 1.29 is 23.9 Å². The van der Waals surface area contributed by atoms with Crippen LogP contribution in [0.25, 0.3) is 0 Å². The Kier molecular flexibility index (Phi) is 11.7. The first-order valence-electron chi connectivity index (χ1n) is 16.5. The van der Waals surface area contributed by atoms with Crippen LogP contribution >= 0.6 is 0 Å².